The Bertz CT molecular complexity index is 1130. The van der Waals surface area contributed by atoms with Gasteiger partial charge in [0.25, 0.3) is 10.0 Å². The van der Waals surface area contributed by atoms with Gasteiger partial charge in [0.2, 0.25) is 5.91 Å². The minimum atomic E-state index is -3.91. The molecule has 0 saturated carbocycles. The molecule has 0 aliphatic heterocycles. The summed E-state index contributed by atoms with van der Waals surface area (Å²) >= 11 is 5.90. The van der Waals surface area contributed by atoms with Gasteiger partial charge in [0.05, 0.1) is 10.6 Å². The van der Waals surface area contributed by atoms with Crippen LogP contribution in [0, 0.1) is 0 Å². The predicted molar refractivity (Wildman–Crippen MR) is 130 cm³/mol. The number of halogens is 1. The molecule has 3 aromatic carbocycles. The second kappa shape index (κ2) is 10.7. The number of anilines is 1. The monoisotopic (exact) mass is 470 g/mol. The van der Waals surface area contributed by atoms with Crippen LogP contribution in [0.4, 0.5) is 5.69 Å². The van der Waals surface area contributed by atoms with Gasteiger partial charge in [0.15, 0.2) is 0 Å². The number of carbonyl (C=O) groups is 1. The Morgan fingerprint density at radius 3 is 2.16 bits per heavy atom. The highest BCUT2D eigenvalue weighted by molar-refractivity contribution is 7.92. The lowest BCUT2D eigenvalue weighted by molar-refractivity contribution is -0.119. The topological polar surface area (TPSA) is 66.5 Å². The molecule has 1 N–H and O–H groups in total. The fourth-order valence-corrected chi connectivity index (χ4v) is 4.81. The van der Waals surface area contributed by atoms with E-state index in [1.807, 2.05) is 24.3 Å². The molecule has 1 amide bonds. The number of hydrogen-bond donors (Lipinski definition) is 1. The Kier molecular flexibility index (Phi) is 7.94. The average molecular weight is 471 g/mol. The molecule has 0 fully saturated rings. The molecule has 32 heavy (non-hydrogen) atoms. The van der Waals surface area contributed by atoms with E-state index in [0.717, 1.165) is 15.4 Å². The Morgan fingerprint density at radius 1 is 0.938 bits per heavy atom. The van der Waals surface area contributed by atoms with Crippen LogP contribution in [0.25, 0.3) is 0 Å². The van der Waals surface area contributed by atoms with Gasteiger partial charge in [-0.05, 0) is 59.9 Å². The molecule has 0 spiro atoms. The molecular formula is C25H27ClN2O3S. The summed E-state index contributed by atoms with van der Waals surface area (Å²) in [5, 5.41) is 3.48. The van der Waals surface area contributed by atoms with Crippen LogP contribution in [-0.2, 0) is 21.2 Å². The van der Waals surface area contributed by atoms with Gasteiger partial charge in [-0.3, -0.25) is 9.10 Å². The maximum absolute atomic E-state index is 13.3. The molecule has 0 heterocycles. The summed E-state index contributed by atoms with van der Waals surface area (Å²) in [5.41, 5.74) is 2.58. The van der Waals surface area contributed by atoms with E-state index in [1.165, 1.54) is 12.1 Å². The van der Waals surface area contributed by atoms with Gasteiger partial charge in [-0.15, -0.1) is 0 Å². The predicted octanol–water partition coefficient (Wildman–Crippen LogP) is 5.02. The second-order valence-electron chi connectivity index (χ2n) is 7.80. The van der Waals surface area contributed by atoms with Crippen LogP contribution < -0.4 is 9.62 Å². The van der Waals surface area contributed by atoms with E-state index in [1.54, 1.807) is 42.5 Å². The van der Waals surface area contributed by atoms with E-state index in [9.17, 15) is 13.2 Å². The van der Waals surface area contributed by atoms with E-state index in [0.29, 0.717) is 29.6 Å². The summed E-state index contributed by atoms with van der Waals surface area (Å²) in [5.74, 6) is -0.0502. The minimum absolute atomic E-state index is 0.141. The van der Waals surface area contributed by atoms with Gasteiger partial charge in [-0.2, -0.15) is 0 Å². The molecule has 0 atom stereocenters. The van der Waals surface area contributed by atoms with Crippen molar-refractivity contribution < 1.29 is 13.2 Å². The number of hydrogen-bond acceptors (Lipinski definition) is 3. The van der Waals surface area contributed by atoms with Gasteiger partial charge < -0.3 is 5.32 Å². The molecule has 168 valence electrons. The van der Waals surface area contributed by atoms with Gasteiger partial charge in [-0.25, -0.2) is 8.42 Å². The van der Waals surface area contributed by atoms with Crippen LogP contribution >= 0.6 is 11.6 Å². The van der Waals surface area contributed by atoms with Crippen molar-refractivity contribution in [2.24, 2.45) is 0 Å². The third-order valence-corrected chi connectivity index (χ3v) is 7.16. The normalized spacial score (nSPS) is 11.4. The first kappa shape index (κ1) is 23.8. The lowest BCUT2D eigenvalue weighted by Gasteiger charge is -2.24. The summed E-state index contributed by atoms with van der Waals surface area (Å²) in [4.78, 5) is 12.8. The van der Waals surface area contributed by atoms with Gasteiger partial charge in [-0.1, -0.05) is 67.9 Å². The quantitative estimate of drug-likeness (QED) is 0.477. The SMILES string of the molecule is CC(C)c1ccc(N(CC(=O)NCCc2ccc(Cl)cc2)S(=O)(=O)c2ccccc2)cc1. The molecule has 0 bridgehead atoms. The Morgan fingerprint density at radius 2 is 1.56 bits per heavy atom. The highest BCUT2D eigenvalue weighted by Gasteiger charge is 2.27. The van der Waals surface area contributed by atoms with E-state index >= 15 is 0 Å². The summed E-state index contributed by atoms with van der Waals surface area (Å²) in [6.07, 6.45) is 0.622. The second-order valence-corrected chi connectivity index (χ2v) is 10.1. The maximum atomic E-state index is 13.3. The molecule has 0 aliphatic carbocycles. The van der Waals surface area contributed by atoms with Gasteiger partial charge in [0.1, 0.15) is 6.54 Å². The third kappa shape index (κ3) is 6.11. The van der Waals surface area contributed by atoms with Crippen molar-refractivity contribution in [3.8, 4) is 0 Å². The number of benzene rings is 3. The fourth-order valence-electron chi connectivity index (χ4n) is 3.24. The van der Waals surface area contributed by atoms with E-state index < -0.39 is 10.0 Å². The molecule has 0 saturated heterocycles. The first-order valence-corrected chi connectivity index (χ1v) is 12.3. The molecule has 0 aromatic heterocycles. The van der Waals surface area contributed by atoms with Gasteiger partial charge >= 0.3 is 0 Å². The Hall–Kier alpha value is -2.83. The molecule has 5 nitrogen and oxygen atoms in total. The van der Waals surface area contributed by atoms with Gasteiger partial charge in [0, 0.05) is 11.6 Å². The summed E-state index contributed by atoms with van der Waals surface area (Å²) in [7, 11) is -3.91. The van der Waals surface area contributed by atoms with Crippen molar-refractivity contribution in [3.05, 3.63) is 95.0 Å². The standard InChI is InChI=1S/C25H27ClN2O3S/c1-19(2)21-10-14-23(15-11-21)28(32(30,31)24-6-4-3-5-7-24)18-25(29)27-17-16-20-8-12-22(26)13-9-20/h3-15,19H,16-18H2,1-2H3,(H,27,29). The van der Waals surface area contributed by atoms with Crippen molar-refractivity contribution in [3.63, 3.8) is 0 Å². The molecule has 3 aromatic rings. The number of nitrogens with one attached hydrogen (secondary N) is 1. The first-order valence-electron chi connectivity index (χ1n) is 10.5. The highest BCUT2D eigenvalue weighted by Crippen LogP contribution is 2.25. The molecule has 0 radical (unpaired) electrons. The molecular weight excluding hydrogens is 444 g/mol. The van der Waals surface area contributed by atoms with E-state index in [2.05, 4.69) is 19.2 Å². The Balaban J connectivity index is 1.77. The first-order chi connectivity index (χ1) is 15.3. The molecule has 0 aliphatic rings. The Labute approximate surface area is 195 Å². The number of sulfonamides is 1. The van der Waals surface area contributed by atoms with Crippen molar-refractivity contribution in [1.29, 1.82) is 0 Å². The minimum Gasteiger partial charge on any atom is -0.354 e. The zero-order valence-electron chi connectivity index (χ0n) is 18.2. The average Bonchev–Trinajstić information content (AvgIpc) is 2.79. The number of amides is 1. The maximum Gasteiger partial charge on any atom is 0.264 e. The zero-order valence-corrected chi connectivity index (χ0v) is 19.7. The van der Waals surface area contributed by atoms with Crippen LogP contribution in [0.2, 0.25) is 5.02 Å². The third-order valence-electron chi connectivity index (χ3n) is 5.12. The lowest BCUT2D eigenvalue weighted by atomic mass is 10.0. The van der Waals surface area contributed by atoms with Crippen LogP contribution in [0.15, 0.2) is 83.8 Å². The van der Waals surface area contributed by atoms with Crippen molar-refractivity contribution >= 4 is 33.2 Å². The number of nitrogens with zero attached hydrogens (tertiary/aromatic N) is 1. The van der Waals surface area contributed by atoms with E-state index in [-0.39, 0.29) is 17.3 Å². The number of rotatable bonds is 9. The largest absolute Gasteiger partial charge is 0.354 e. The molecule has 7 heteroatoms. The summed E-state index contributed by atoms with van der Waals surface area (Å²) < 4.78 is 27.9. The molecule has 3 rings (SSSR count). The summed E-state index contributed by atoms with van der Waals surface area (Å²) in [6.45, 7) is 4.23. The molecule has 0 unspecified atom stereocenters. The van der Waals surface area contributed by atoms with Crippen LogP contribution in [0.5, 0.6) is 0 Å². The van der Waals surface area contributed by atoms with Crippen LogP contribution in [0.3, 0.4) is 0 Å². The van der Waals surface area contributed by atoms with Crippen molar-refractivity contribution in [2.45, 2.75) is 31.1 Å². The van der Waals surface area contributed by atoms with E-state index in [4.69, 9.17) is 11.6 Å². The zero-order chi connectivity index (χ0) is 23.1. The lowest BCUT2D eigenvalue weighted by Crippen LogP contribution is -2.41. The number of carbonyl (C=O) groups excluding carboxylic acids is 1. The summed E-state index contributed by atoms with van der Waals surface area (Å²) in [6, 6.07) is 22.8. The fraction of sp³-hybridized carbons (Fsp3) is 0.240. The smallest absolute Gasteiger partial charge is 0.264 e. The highest BCUT2D eigenvalue weighted by atomic mass is 35.5. The van der Waals surface area contributed by atoms with Crippen molar-refractivity contribution in [1.82, 2.24) is 5.32 Å². The van der Waals surface area contributed by atoms with Crippen molar-refractivity contribution in [2.75, 3.05) is 17.4 Å². The van der Waals surface area contributed by atoms with Crippen LogP contribution in [0.1, 0.15) is 30.9 Å². The van der Waals surface area contributed by atoms with Crippen LogP contribution in [-0.4, -0.2) is 27.4 Å².